The minimum Gasteiger partial charge on any atom is -0.490 e. The molecule has 0 radical (unpaired) electrons. The number of esters is 1. The van der Waals surface area contributed by atoms with Gasteiger partial charge in [-0.25, -0.2) is 0 Å². The van der Waals surface area contributed by atoms with Gasteiger partial charge < -0.3 is 14.8 Å². The molecule has 0 aromatic heterocycles. The van der Waals surface area contributed by atoms with Crippen LogP contribution in [0.3, 0.4) is 0 Å². The van der Waals surface area contributed by atoms with Gasteiger partial charge in [0.25, 0.3) is 5.69 Å². The number of halogens is 1. The van der Waals surface area contributed by atoms with Gasteiger partial charge >= 0.3 is 5.97 Å². The second-order valence-corrected chi connectivity index (χ2v) is 4.62. The van der Waals surface area contributed by atoms with E-state index >= 15 is 0 Å². The molecule has 1 aromatic rings. The summed E-state index contributed by atoms with van der Waals surface area (Å²) < 4.78 is 10.1. The van der Waals surface area contributed by atoms with Crippen LogP contribution in [0.1, 0.15) is 13.3 Å². The number of methoxy groups -OCH3 is 1. The van der Waals surface area contributed by atoms with Gasteiger partial charge in [0.2, 0.25) is 0 Å². The van der Waals surface area contributed by atoms with E-state index in [1.807, 2.05) is 6.92 Å². The summed E-state index contributed by atoms with van der Waals surface area (Å²) in [6.45, 7) is 2.62. The zero-order valence-corrected chi connectivity index (χ0v) is 12.6. The van der Waals surface area contributed by atoms with E-state index in [1.54, 1.807) is 0 Å². The lowest BCUT2D eigenvalue weighted by molar-refractivity contribution is -0.384. The second kappa shape index (κ2) is 8.43. The van der Waals surface area contributed by atoms with Crippen LogP contribution in [0.5, 0.6) is 5.75 Å². The summed E-state index contributed by atoms with van der Waals surface area (Å²) in [6, 6.07) is 3.26. The minimum atomic E-state index is -0.624. The predicted octanol–water partition coefficient (Wildman–Crippen LogP) is 2.17. The zero-order chi connectivity index (χ0) is 15.8. The van der Waals surface area contributed by atoms with Crippen molar-refractivity contribution in [2.45, 2.75) is 19.4 Å². The molecule has 0 aliphatic heterocycles. The maximum absolute atomic E-state index is 11.6. The molecule has 0 saturated carbocycles. The molecule has 0 saturated heterocycles. The third kappa shape index (κ3) is 5.20. The van der Waals surface area contributed by atoms with Crippen molar-refractivity contribution in [3.05, 3.63) is 33.3 Å². The van der Waals surface area contributed by atoms with Gasteiger partial charge in [0, 0.05) is 12.1 Å². The number of benzene rings is 1. The first kappa shape index (κ1) is 17.2. The van der Waals surface area contributed by atoms with E-state index in [4.69, 9.17) is 16.3 Å². The van der Waals surface area contributed by atoms with Crippen LogP contribution in [0.25, 0.3) is 0 Å². The van der Waals surface area contributed by atoms with Crippen LogP contribution >= 0.6 is 11.6 Å². The number of nitrogens with one attached hydrogen (secondary N) is 1. The Bertz CT molecular complexity index is 509. The summed E-state index contributed by atoms with van der Waals surface area (Å²) in [5.74, 6) is -0.170. The van der Waals surface area contributed by atoms with Gasteiger partial charge in [-0.1, -0.05) is 18.5 Å². The number of nitro benzene ring substituents is 1. The molecule has 0 aliphatic rings. The SMILES string of the molecule is CCCNC(COc1ccc([N+](=O)[O-])cc1Cl)C(=O)OC. The summed E-state index contributed by atoms with van der Waals surface area (Å²) in [7, 11) is 1.29. The summed E-state index contributed by atoms with van der Waals surface area (Å²) in [6.07, 6.45) is 0.853. The van der Waals surface area contributed by atoms with Crippen molar-refractivity contribution in [1.82, 2.24) is 5.32 Å². The molecule has 1 N–H and O–H groups in total. The maximum atomic E-state index is 11.6. The van der Waals surface area contributed by atoms with Crippen molar-refractivity contribution in [2.75, 3.05) is 20.3 Å². The third-order valence-corrected chi connectivity index (χ3v) is 2.95. The molecular formula is C13H17ClN2O5. The molecule has 1 rings (SSSR count). The lowest BCUT2D eigenvalue weighted by Gasteiger charge is -2.17. The van der Waals surface area contributed by atoms with Crippen LogP contribution < -0.4 is 10.1 Å². The summed E-state index contributed by atoms with van der Waals surface area (Å²) in [5, 5.41) is 13.7. The highest BCUT2D eigenvalue weighted by atomic mass is 35.5. The van der Waals surface area contributed by atoms with Crippen molar-refractivity contribution >= 4 is 23.3 Å². The first-order valence-electron chi connectivity index (χ1n) is 6.37. The third-order valence-electron chi connectivity index (χ3n) is 2.66. The van der Waals surface area contributed by atoms with Gasteiger partial charge in [0.05, 0.1) is 17.1 Å². The van der Waals surface area contributed by atoms with Gasteiger partial charge in [-0.3, -0.25) is 14.9 Å². The van der Waals surface area contributed by atoms with Crippen molar-refractivity contribution < 1.29 is 19.2 Å². The number of ether oxygens (including phenoxy) is 2. The number of non-ortho nitro benzene ring substituents is 1. The lowest BCUT2D eigenvalue weighted by Crippen LogP contribution is -2.42. The smallest absolute Gasteiger partial charge is 0.326 e. The fraction of sp³-hybridized carbons (Fsp3) is 0.462. The van der Waals surface area contributed by atoms with E-state index in [-0.39, 0.29) is 23.1 Å². The molecule has 0 amide bonds. The predicted molar refractivity (Wildman–Crippen MR) is 77.7 cm³/mol. The molecule has 1 aromatic carbocycles. The molecule has 8 heteroatoms. The highest BCUT2D eigenvalue weighted by Gasteiger charge is 2.20. The van der Waals surface area contributed by atoms with Crippen molar-refractivity contribution in [2.24, 2.45) is 0 Å². The van der Waals surface area contributed by atoms with E-state index in [2.05, 4.69) is 10.1 Å². The van der Waals surface area contributed by atoms with Crippen LogP contribution in [0.15, 0.2) is 18.2 Å². The molecule has 21 heavy (non-hydrogen) atoms. The van der Waals surface area contributed by atoms with Crippen LogP contribution in [0.2, 0.25) is 5.02 Å². The number of hydrogen-bond acceptors (Lipinski definition) is 6. The van der Waals surface area contributed by atoms with Gasteiger partial charge in [-0.2, -0.15) is 0 Å². The quantitative estimate of drug-likeness (QED) is 0.449. The molecule has 116 valence electrons. The van der Waals surface area contributed by atoms with E-state index in [1.165, 1.54) is 25.3 Å². The Balaban J connectivity index is 2.71. The number of nitro groups is 1. The van der Waals surface area contributed by atoms with E-state index in [9.17, 15) is 14.9 Å². The zero-order valence-electron chi connectivity index (χ0n) is 11.8. The summed E-state index contributed by atoms with van der Waals surface area (Å²) >= 11 is 5.91. The monoisotopic (exact) mass is 316 g/mol. The van der Waals surface area contributed by atoms with Crippen molar-refractivity contribution in [3.8, 4) is 5.75 Å². The summed E-state index contributed by atoms with van der Waals surface area (Å²) in [4.78, 5) is 21.6. The Morgan fingerprint density at radius 2 is 2.24 bits per heavy atom. The Morgan fingerprint density at radius 3 is 2.76 bits per heavy atom. The topological polar surface area (TPSA) is 90.7 Å². The molecule has 7 nitrogen and oxygen atoms in total. The number of carbonyl (C=O) groups excluding carboxylic acids is 1. The lowest BCUT2D eigenvalue weighted by atomic mass is 10.3. The Hall–Kier alpha value is -1.86. The maximum Gasteiger partial charge on any atom is 0.326 e. The van der Waals surface area contributed by atoms with Gasteiger partial charge in [-0.15, -0.1) is 0 Å². The fourth-order valence-electron chi connectivity index (χ4n) is 1.56. The number of rotatable bonds is 8. The van der Waals surface area contributed by atoms with Crippen LogP contribution in [0.4, 0.5) is 5.69 Å². The molecule has 0 bridgehead atoms. The van der Waals surface area contributed by atoms with Gasteiger partial charge in [0.1, 0.15) is 18.4 Å². The van der Waals surface area contributed by atoms with Crippen LogP contribution in [-0.2, 0) is 9.53 Å². The van der Waals surface area contributed by atoms with E-state index < -0.39 is 16.9 Å². The molecule has 0 aliphatic carbocycles. The van der Waals surface area contributed by atoms with Crippen molar-refractivity contribution in [3.63, 3.8) is 0 Å². The minimum absolute atomic E-state index is 0.0181. The van der Waals surface area contributed by atoms with Gasteiger partial charge in [-0.05, 0) is 19.0 Å². The number of nitrogens with zero attached hydrogens (tertiary/aromatic N) is 1. The normalized spacial score (nSPS) is 11.8. The van der Waals surface area contributed by atoms with Gasteiger partial charge in [0.15, 0.2) is 0 Å². The molecule has 0 spiro atoms. The highest BCUT2D eigenvalue weighted by Crippen LogP contribution is 2.28. The molecule has 0 heterocycles. The average Bonchev–Trinajstić information content (AvgIpc) is 2.47. The standard InChI is InChI=1S/C13H17ClN2O5/c1-3-6-15-11(13(17)20-2)8-21-12-5-4-9(16(18)19)7-10(12)14/h4-5,7,11,15H,3,6,8H2,1-2H3. The molecule has 1 unspecified atom stereocenters. The molecule has 1 atom stereocenters. The summed E-state index contributed by atoms with van der Waals surface area (Å²) in [5.41, 5.74) is -0.124. The highest BCUT2D eigenvalue weighted by molar-refractivity contribution is 6.32. The van der Waals surface area contributed by atoms with Crippen LogP contribution in [0, 0.1) is 10.1 Å². The Morgan fingerprint density at radius 1 is 1.52 bits per heavy atom. The molecule has 0 fully saturated rings. The largest absolute Gasteiger partial charge is 0.490 e. The second-order valence-electron chi connectivity index (χ2n) is 4.21. The molecular weight excluding hydrogens is 300 g/mol. The van der Waals surface area contributed by atoms with Crippen molar-refractivity contribution in [1.29, 1.82) is 0 Å². The first-order chi connectivity index (χ1) is 9.99. The van der Waals surface area contributed by atoms with E-state index in [0.717, 1.165) is 6.42 Å². The fourth-order valence-corrected chi connectivity index (χ4v) is 1.79. The Kier molecular flexibility index (Phi) is 6.90. The van der Waals surface area contributed by atoms with E-state index in [0.29, 0.717) is 6.54 Å². The average molecular weight is 317 g/mol. The first-order valence-corrected chi connectivity index (χ1v) is 6.75. The van der Waals surface area contributed by atoms with Crippen LogP contribution in [-0.4, -0.2) is 37.2 Å². The number of hydrogen-bond donors (Lipinski definition) is 1. The number of carbonyl (C=O) groups is 1. The Labute approximate surface area is 127 Å².